The van der Waals surface area contributed by atoms with Crippen LogP contribution in [0.25, 0.3) is 0 Å². The van der Waals surface area contributed by atoms with Crippen molar-refractivity contribution in [3.8, 4) is 0 Å². The maximum atomic E-state index is 13.0. The van der Waals surface area contributed by atoms with Crippen molar-refractivity contribution in [1.82, 2.24) is 19.8 Å². The summed E-state index contributed by atoms with van der Waals surface area (Å²) in [5.41, 5.74) is 0.907. The summed E-state index contributed by atoms with van der Waals surface area (Å²) < 4.78 is 14.5. The molecule has 150 valence electrons. The zero-order chi connectivity index (χ0) is 19.5. The van der Waals surface area contributed by atoms with E-state index >= 15 is 0 Å². The van der Waals surface area contributed by atoms with Gasteiger partial charge in [-0.05, 0) is 49.3 Å². The Kier molecular flexibility index (Phi) is 5.85. The molecule has 1 aliphatic carbocycles. The molecule has 2 N–H and O–H groups in total. The maximum Gasteiger partial charge on any atom is 0.233 e. The predicted molar refractivity (Wildman–Crippen MR) is 107 cm³/mol. The summed E-state index contributed by atoms with van der Waals surface area (Å²) in [6.45, 7) is 0.867. The minimum Gasteiger partial charge on any atom is -0.339 e. The van der Waals surface area contributed by atoms with Crippen LogP contribution in [0, 0.1) is 11.7 Å². The molecular weight excluding hydrogens is 377 g/mol. The first-order chi connectivity index (χ1) is 13.6. The van der Waals surface area contributed by atoms with E-state index in [4.69, 9.17) is 5.84 Å². The number of aromatic nitrogens is 3. The first kappa shape index (κ1) is 19.2. The number of nitrogen functional groups attached to an aromatic ring is 1. The number of carbonyl (C=O) groups is 1. The van der Waals surface area contributed by atoms with Crippen LogP contribution in [0.3, 0.4) is 0 Å². The molecule has 2 heterocycles. The molecule has 0 unspecified atom stereocenters. The summed E-state index contributed by atoms with van der Waals surface area (Å²) in [4.78, 5) is 14.9. The Morgan fingerprint density at radius 1 is 1.14 bits per heavy atom. The van der Waals surface area contributed by atoms with Crippen molar-refractivity contribution in [2.45, 2.75) is 56.1 Å². The van der Waals surface area contributed by atoms with Gasteiger partial charge in [-0.25, -0.2) is 9.07 Å². The number of fused-ring (bicyclic) bond motifs is 1. The third kappa shape index (κ3) is 4.16. The highest BCUT2D eigenvalue weighted by Gasteiger charge is 2.35. The molecule has 1 aromatic heterocycles. The second kappa shape index (κ2) is 8.51. The molecule has 2 atom stereocenters. The van der Waals surface area contributed by atoms with E-state index in [1.54, 1.807) is 12.1 Å². The summed E-state index contributed by atoms with van der Waals surface area (Å²) in [6.07, 6.45) is 7.74. The normalized spacial score (nSPS) is 22.1. The molecule has 1 amide bonds. The van der Waals surface area contributed by atoms with Gasteiger partial charge >= 0.3 is 0 Å². The number of thioether (sulfide) groups is 1. The predicted octanol–water partition coefficient (Wildman–Crippen LogP) is 3.00. The fourth-order valence-electron chi connectivity index (χ4n) is 4.45. The van der Waals surface area contributed by atoms with Crippen LogP contribution in [0.4, 0.5) is 4.39 Å². The molecule has 28 heavy (non-hydrogen) atoms. The van der Waals surface area contributed by atoms with Gasteiger partial charge in [0.25, 0.3) is 0 Å². The number of likely N-dealkylation sites (tertiary alicyclic amines) is 1. The van der Waals surface area contributed by atoms with E-state index in [2.05, 4.69) is 15.1 Å². The molecule has 2 fully saturated rings. The Morgan fingerprint density at radius 2 is 1.89 bits per heavy atom. The number of hydrogen-bond acceptors (Lipinski definition) is 5. The van der Waals surface area contributed by atoms with Crippen molar-refractivity contribution in [2.24, 2.45) is 5.92 Å². The molecule has 1 saturated heterocycles. The van der Waals surface area contributed by atoms with Crippen molar-refractivity contribution < 1.29 is 9.18 Å². The van der Waals surface area contributed by atoms with Gasteiger partial charge in [-0.1, -0.05) is 36.7 Å². The number of benzene rings is 1. The molecule has 1 saturated carbocycles. The van der Waals surface area contributed by atoms with Gasteiger partial charge in [0.15, 0.2) is 5.82 Å². The van der Waals surface area contributed by atoms with Crippen molar-refractivity contribution >= 4 is 17.7 Å². The smallest absolute Gasteiger partial charge is 0.233 e. The quantitative estimate of drug-likeness (QED) is 0.613. The van der Waals surface area contributed by atoms with Crippen molar-refractivity contribution in [1.29, 1.82) is 0 Å². The summed E-state index contributed by atoms with van der Waals surface area (Å²) in [5.74, 6) is 7.62. The SMILES string of the molecule is Nn1c(Cc2ccc(F)cc2)nnc1SCC(=O)N1CCC[C@H]2CCCC[C@H]21. The minimum atomic E-state index is -0.273. The van der Waals surface area contributed by atoms with Crippen LogP contribution in [-0.2, 0) is 11.2 Å². The Bertz CT molecular complexity index is 823. The van der Waals surface area contributed by atoms with Gasteiger partial charge < -0.3 is 10.7 Å². The van der Waals surface area contributed by atoms with E-state index in [-0.39, 0.29) is 11.7 Å². The largest absolute Gasteiger partial charge is 0.339 e. The lowest BCUT2D eigenvalue weighted by atomic mass is 9.78. The molecule has 1 aliphatic heterocycles. The highest BCUT2D eigenvalue weighted by atomic mass is 32.2. The van der Waals surface area contributed by atoms with Crippen molar-refractivity contribution in [3.63, 3.8) is 0 Å². The molecule has 2 aliphatic rings. The number of halogens is 1. The number of rotatable bonds is 5. The topological polar surface area (TPSA) is 77.0 Å². The number of amides is 1. The second-order valence-corrected chi connectivity index (χ2v) is 8.64. The van der Waals surface area contributed by atoms with E-state index < -0.39 is 0 Å². The lowest BCUT2D eigenvalue weighted by molar-refractivity contribution is -0.134. The third-order valence-electron chi connectivity index (χ3n) is 5.90. The van der Waals surface area contributed by atoms with Gasteiger partial charge in [0.05, 0.1) is 5.75 Å². The maximum absolute atomic E-state index is 13.0. The number of nitrogens with zero attached hydrogens (tertiary/aromatic N) is 4. The average molecular weight is 404 g/mol. The van der Waals surface area contributed by atoms with Gasteiger partial charge in [-0.15, -0.1) is 10.2 Å². The van der Waals surface area contributed by atoms with Crippen molar-refractivity contribution in [3.05, 3.63) is 41.5 Å². The molecule has 4 rings (SSSR count). The summed E-state index contributed by atoms with van der Waals surface area (Å²) in [6, 6.07) is 6.66. The molecule has 1 aromatic carbocycles. The fourth-order valence-corrected chi connectivity index (χ4v) is 5.22. The zero-order valence-electron chi connectivity index (χ0n) is 15.9. The molecule has 0 radical (unpaired) electrons. The van der Waals surface area contributed by atoms with Crippen LogP contribution >= 0.6 is 11.8 Å². The van der Waals surface area contributed by atoms with E-state index in [1.807, 2.05) is 0 Å². The van der Waals surface area contributed by atoms with Crippen LogP contribution in [0.1, 0.15) is 49.9 Å². The van der Waals surface area contributed by atoms with Crippen LogP contribution in [0.2, 0.25) is 0 Å². The Morgan fingerprint density at radius 3 is 2.71 bits per heavy atom. The second-order valence-electron chi connectivity index (χ2n) is 7.70. The summed E-state index contributed by atoms with van der Waals surface area (Å²) >= 11 is 1.34. The third-order valence-corrected chi connectivity index (χ3v) is 6.83. The summed E-state index contributed by atoms with van der Waals surface area (Å²) in [7, 11) is 0. The minimum absolute atomic E-state index is 0.171. The van der Waals surface area contributed by atoms with Gasteiger partial charge in [0.2, 0.25) is 11.1 Å². The summed E-state index contributed by atoms with van der Waals surface area (Å²) in [5, 5.41) is 8.80. The molecule has 0 bridgehead atoms. The van der Waals surface area contributed by atoms with Crippen molar-refractivity contribution in [2.75, 3.05) is 18.1 Å². The Labute approximate surface area is 168 Å². The van der Waals surface area contributed by atoms with E-state index in [0.717, 1.165) is 24.9 Å². The molecule has 0 spiro atoms. The van der Waals surface area contributed by atoms with Crippen LogP contribution < -0.4 is 5.84 Å². The van der Waals surface area contributed by atoms with Crippen LogP contribution in [-0.4, -0.2) is 44.0 Å². The van der Waals surface area contributed by atoms with Crippen LogP contribution in [0.15, 0.2) is 29.4 Å². The highest BCUT2D eigenvalue weighted by molar-refractivity contribution is 7.99. The number of hydrogen-bond donors (Lipinski definition) is 1. The Balaban J connectivity index is 1.36. The van der Waals surface area contributed by atoms with E-state index in [1.165, 1.54) is 54.3 Å². The number of carbonyl (C=O) groups excluding carboxylic acids is 1. The molecule has 6 nitrogen and oxygen atoms in total. The van der Waals surface area contributed by atoms with Gasteiger partial charge in [0, 0.05) is 19.0 Å². The Hall–Kier alpha value is -2.09. The van der Waals surface area contributed by atoms with Crippen LogP contribution in [0.5, 0.6) is 0 Å². The lowest BCUT2D eigenvalue weighted by Gasteiger charge is -2.44. The number of nitrogens with two attached hydrogens (primary N) is 1. The standard InChI is InChI=1S/C20H26FN5OS/c21-16-9-7-14(8-10-16)12-18-23-24-20(26(18)22)28-13-19(27)25-11-3-5-15-4-1-2-6-17(15)25/h7-10,15,17H,1-6,11-13,22H2/t15-,17-/m1/s1. The van der Waals surface area contributed by atoms with Gasteiger partial charge in [0.1, 0.15) is 5.82 Å². The first-order valence-electron chi connectivity index (χ1n) is 9.98. The van der Waals surface area contributed by atoms with E-state index in [9.17, 15) is 9.18 Å². The molecule has 8 heteroatoms. The highest BCUT2D eigenvalue weighted by Crippen LogP contribution is 2.35. The number of piperidine rings is 1. The van der Waals surface area contributed by atoms with Gasteiger partial charge in [-0.3, -0.25) is 4.79 Å². The fraction of sp³-hybridized carbons (Fsp3) is 0.550. The van der Waals surface area contributed by atoms with E-state index in [0.29, 0.717) is 35.1 Å². The monoisotopic (exact) mass is 403 g/mol. The molecule has 2 aromatic rings. The lowest BCUT2D eigenvalue weighted by Crippen LogP contribution is -2.50. The van der Waals surface area contributed by atoms with Gasteiger partial charge in [-0.2, -0.15) is 0 Å². The molecular formula is C20H26FN5OS. The zero-order valence-corrected chi connectivity index (χ0v) is 16.7. The average Bonchev–Trinajstić information content (AvgIpc) is 3.07. The first-order valence-corrected chi connectivity index (χ1v) is 11.0.